The monoisotopic (exact) mass is 294 g/mol. The largest absolute Gasteiger partial charge is 0.363 e. The highest BCUT2D eigenvalue weighted by atomic mass is 79.9. The van der Waals surface area contributed by atoms with E-state index in [2.05, 4.69) is 42.6 Å². The molecule has 0 aliphatic carbocycles. The zero-order chi connectivity index (χ0) is 12.3. The first-order chi connectivity index (χ1) is 8.24. The smallest absolute Gasteiger partial charge is 0.167 e. The van der Waals surface area contributed by atoms with Crippen LogP contribution in [-0.2, 0) is 13.1 Å². The molecule has 0 amide bonds. The van der Waals surface area contributed by atoms with Crippen molar-refractivity contribution in [2.24, 2.45) is 0 Å². The van der Waals surface area contributed by atoms with E-state index in [0.29, 0.717) is 22.5 Å². The average molecular weight is 295 g/mol. The lowest BCUT2D eigenvalue weighted by Gasteiger charge is -2.00. The molecular formula is C10H11BrN6. The minimum Gasteiger partial charge on any atom is -0.363 e. The van der Waals surface area contributed by atoms with Crippen LogP contribution in [0.5, 0.6) is 0 Å². The number of nitrogens with one attached hydrogen (secondary N) is 2. The Morgan fingerprint density at radius 3 is 3.12 bits per heavy atom. The van der Waals surface area contributed by atoms with Gasteiger partial charge in [-0.1, -0.05) is 0 Å². The summed E-state index contributed by atoms with van der Waals surface area (Å²) in [6, 6.07) is 2.07. The highest BCUT2D eigenvalue weighted by Crippen LogP contribution is 2.20. The molecular weight excluding hydrogens is 284 g/mol. The van der Waals surface area contributed by atoms with Crippen LogP contribution < -0.4 is 5.32 Å². The molecule has 0 spiro atoms. The number of aryl methyl sites for hydroxylation is 1. The number of rotatable bonds is 4. The molecule has 17 heavy (non-hydrogen) atoms. The maximum Gasteiger partial charge on any atom is 0.167 e. The van der Waals surface area contributed by atoms with Gasteiger partial charge in [0.1, 0.15) is 16.2 Å². The average Bonchev–Trinajstić information content (AvgIpc) is 2.92. The zero-order valence-electron chi connectivity index (χ0n) is 9.24. The lowest BCUT2D eigenvalue weighted by atomic mass is 10.3. The van der Waals surface area contributed by atoms with Gasteiger partial charge in [0.15, 0.2) is 5.82 Å². The summed E-state index contributed by atoms with van der Waals surface area (Å²) < 4.78 is 2.44. The molecule has 88 valence electrons. The van der Waals surface area contributed by atoms with Crippen LogP contribution in [-0.4, -0.2) is 20.0 Å². The number of nitrogens with zero attached hydrogens (tertiary/aromatic N) is 4. The number of hydrogen-bond acceptors (Lipinski definition) is 4. The van der Waals surface area contributed by atoms with Crippen molar-refractivity contribution in [3.8, 4) is 6.07 Å². The molecule has 0 saturated heterocycles. The maximum absolute atomic E-state index is 8.93. The Morgan fingerprint density at radius 2 is 2.47 bits per heavy atom. The Balaban J connectivity index is 2.05. The second-order valence-electron chi connectivity index (χ2n) is 3.43. The van der Waals surface area contributed by atoms with Crippen LogP contribution in [0.3, 0.4) is 0 Å². The number of H-pyrrole nitrogens is 1. The highest BCUT2D eigenvalue weighted by molar-refractivity contribution is 9.10. The van der Waals surface area contributed by atoms with Gasteiger partial charge in [-0.15, -0.1) is 0 Å². The molecule has 0 saturated carbocycles. The molecule has 7 heteroatoms. The minimum atomic E-state index is 0.480. The summed E-state index contributed by atoms with van der Waals surface area (Å²) in [5, 5.41) is 22.9. The second-order valence-corrected chi connectivity index (χ2v) is 4.22. The molecule has 0 aromatic carbocycles. The first kappa shape index (κ1) is 11.7. The Morgan fingerprint density at radius 1 is 1.65 bits per heavy atom. The van der Waals surface area contributed by atoms with E-state index in [-0.39, 0.29) is 0 Å². The topological polar surface area (TPSA) is 82.3 Å². The van der Waals surface area contributed by atoms with Crippen molar-refractivity contribution in [1.29, 1.82) is 5.26 Å². The van der Waals surface area contributed by atoms with E-state index < -0.39 is 0 Å². The normalized spacial score (nSPS) is 10.2. The number of aromatic amines is 1. The maximum atomic E-state index is 8.93. The predicted molar refractivity (Wildman–Crippen MR) is 66.2 cm³/mol. The molecule has 0 radical (unpaired) electrons. The first-order valence-electron chi connectivity index (χ1n) is 5.13. The molecule has 2 rings (SSSR count). The number of hydrogen-bond donors (Lipinski definition) is 2. The van der Waals surface area contributed by atoms with Crippen molar-refractivity contribution in [2.75, 3.05) is 5.32 Å². The Labute approximate surface area is 107 Å². The first-order valence-corrected chi connectivity index (χ1v) is 5.93. The molecule has 0 fully saturated rings. The van der Waals surface area contributed by atoms with Crippen LogP contribution in [0.15, 0.2) is 17.0 Å². The van der Waals surface area contributed by atoms with Crippen LogP contribution in [0.1, 0.15) is 18.1 Å². The molecule has 2 aromatic rings. The molecule has 0 unspecified atom stereocenters. The van der Waals surface area contributed by atoms with Crippen molar-refractivity contribution in [3.63, 3.8) is 0 Å². The van der Waals surface area contributed by atoms with Gasteiger partial charge in [0.05, 0.1) is 6.20 Å². The fourth-order valence-electron chi connectivity index (χ4n) is 1.41. The van der Waals surface area contributed by atoms with Gasteiger partial charge in [-0.2, -0.15) is 15.5 Å². The molecule has 0 aliphatic heterocycles. The molecule has 6 nitrogen and oxygen atoms in total. The summed E-state index contributed by atoms with van der Waals surface area (Å²) in [6.45, 7) is 3.46. The third-order valence-corrected chi connectivity index (χ3v) is 2.88. The van der Waals surface area contributed by atoms with Gasteiger partial charge in [0.2, 0.25) is 0 Å². The summed E-state index contributed by atoms with van der Waals surface area (Å²) >= 11 is 3.22. The lowest BCUT2D eigenvalue weighted by molar-refractivity contribution is 0.659. The molecule has 2 aromatic heterocycles. The van der Waals surface area contributed by atoms with E-state index in [4.69, 9.17) is 5.26 Å². The van der Waals surface area contributed by atoms with Gasteiger partial charge >= 0.3 is 0 Å². The molecule has 0 atom stereocenters. The van der Waals surface area contributed by atoms with Gasteiger partial charge in [-0.3, -0.25) is 9.78 Å². The summed E-state index contributed by atoms with van der Waals surface area (Å²) in [4.78, 5) is 0. The van der Waals surface area contributed by atoms with Crippen LogP contribution in [0, 0.1) is 11.3 Å². The quantitative estimate of drug-likeness (QED) is 0.902. The van der Waals surface area contributed by atoms with E-state index in [9.17, 15) is 0 Å². The standard InChI is InChI=1S/C10H11BrN6/c1-2-17-6-7(5-14-17)4-13-10-8(3-12)9(11)15-16-10/h5-6H,2,4H2,1H3,(H2,13,15,16). The molecule has 2 heterocycles. The number of aromatic nitrogens is 4. The SMILES string of the molecule is CCn1cc(CNc2n[nH]c(Br)c2C#N)cn1. The number of halogens is 1. The van der Waals surface area contributed by atoms with Gasteiger partial charge in [0.25, 0.3) is 0 Å². The summed E-state index contributed by atoms with van der Waals surface area (Å²) in [5.41, 5.74) is 1.53. The summed E-state index contributed by atoms with van der Waals surface area (Å²) in [7, 11) is 0. The summed E-state index contributed by atoms with van der Waals surface area (Å²) in [5.74, 6) is 0.545. The number of nitriles is 1. The Hall–Kier alpha value is -1.81. The van der Waals surface area contributed by atoms with Crippen molar-refractivity contribution >= 4 is 21.7 Å². The Kier molecular flexibility index (Phi) is 3.44. The van der Waals surface area contributed by atoms with E-state index in [1.807, 2.05) is 17.8 Å². The van der Waals surface area contributed by atoms with Crippen molar-refractivity contribution in [2.45, 2.75) is 20.0 Å². The summed E-state index contributed by atoms with van der Waals surface area (Å²) in [6.07, 6.45) is 3.75. The van der Waals surface area contributed by atoms with E-state index in [1.54, 1.807) is 6.20 Å². The van der Waals surface area contributed by atoms with Crippen molar-refractivity contribution in [1.82, 2.24) is 20.0 Å². The third kappa shape index (κ3) is 2.47. The molecule has 2 N–H and O–H groups in total. The predicted octanol–water partition coefficient (Wildman–Crippen LogP) is 1.87. The van der Waals surface area contributed by atoms with Crippen LogP contribution in [0.4, 0.5) is 5.82 Å². The van der Waals surface area contributed by atoms with E-state index in [1.165, 1.54) is 0 Å². The van der Waals surface area contributed by atoms with Crippen molar-refractivity contribution < 1.29 is 0 Å². The number of anilines is 1. The third-order valence-electron chi connectivity index (χ3n) is 2.30. The second kappa shape index (κ2) is 5.01. The van der Waals surface area contributed by atoms with Gasteiger partial charge in [-0.25, -0.2) is 0 Å². The fourth-order valence-corrected chi connectivity index (χ4v) is 1.77. The van der Waals surface area contributed by atoms with Crippen LogP contribution in [0.25, 0.3) is 0 Å². The van der Waals surface area contributed by atoms with Gasteiger partial charge in [-0.05, 0) is 22.9 Å². The van der Waals surface area contributed by atoms with Crippen LogP contribution in [0.2, 0.25) is 0 Å². The van der Waals surface area contributed by atoms with Crippen molar-refractivity contribution in [3.05, 3.63) is 28.1 Å². The van der Waals surface area contributed by atoms with E-state index >= 15 is 0 Å². The van der Waals surface area contributed by atoms with Gasteiger partial charge < -0.3 is 5.32 Å². The molecule has 0 bridgehead atoms. The molecule has 0 aliphatic rings. The van der Waals surface area contributed by atoms with Crippen LogP contribution >= 0.6 is 15.9 Å². The van der Waals surface area contributed by atoms with Gasteiger partial charge in [0, 0.05) is 24.8 Å². The lowest BCUT2D eigenvalue weighted by Crippen LogP contribution is -2.00. The zero-order valence-corrected chi connectivity index (χ0v) is 10.8. The fraction of sp³-hybridized carbons (Fsp3) is 0.300. The van der Waals surface area contributed by atoms with E-state index in [0.717, 1.165) is 12.1 Å². The minimum absolute atomic E-state index is 0.480. The Bertz CT molecular complexity index is 549. The highest BCUT2D eigenvalue weighted by Gasteiger charge is 2.10.